The Morgan fingerprint density at radius 2 is 1.91 bits per heavy atom. The van der Waals surface area contributed by atoms with Crippen molar-refractivity contribution < 1.29 is 27.1 Å². The summed E-state index contributed by atoms with van der Waals surface area (Å²) in [7, 11) is -3.09. The highest BCUT2D eigenvalue weighted by Gasteiger charge is 2.30. The number of nitrogens with one attached hydrogen (secondary N) is 1. The standard InChI is InChI=1S/C22H20ClNO7S/c1-13(22(26)24-15-8-9-32(27,28)12-15)30-17-6-7-18-19(10-17)29-11-20(21(18)25)31-16-4-2-14(23)3-5-16/h2-7,10-11,13,15H,8-9,12H2,1H3,(H,24,26). The molecule has 1 amide bonds. The number of ether oxygens (including phenoxy) is 2. The van der Waals surface area contributed by atoms with E-state index in [1.807, 2.05) is 0 Å². The highest BCUT2D eigenvalue weighted by atomic mass is 35.5. The molecule has 0 spiro atoms. The maximum Gasteiger partial charge on any atom is 0.261 e. The topological polar surface area (TPSA) is 112 Å². The van der Waals surface area contributed by atoms with Gasteiger partial charge in [-0.2, -0.15) is 0 Å². The van der Waals surface area contributed by atoms with Crippen LogP contribution in [-0.2, 0) is 14.6 Å². The van der Waals surface area contributed by atoms with Crippen LogP contribution in [0.5, 0.6) is 17.2 Å². The second-order valence-electron chi connectivity index (χ2n) is 7.51. The summed E-state index contributed by atoms with van der Waals surface area (Å²) in [6.07, 6.45) is 0.734. The Balaban J connectivity index is 1.45. The first-order valence-corrected chi connectivity index (χ1v) is 12.1. The number of amides is 1. The van der Waals surface area contributed by atoms with Gasteiger partial charge in [0, 0.05) is 17.1 Å². The molecule has 1 N–H and O–H groups in total. The number of benzene rings is 2. The van der Waals surface area contributed by atoms with E-state index in [1.165, 1.54) is 18.4 Å². The SMILES string of the molecule is CC(Oc1ccc2c(=O)c(Oc3ccc(Cl)cc3)coc2c1)C(=O)NC1CCS(=O)(=O)C1. The second kappa shape index (κ2) is 8.84. The van der Waals surface area contributed by atoms with Crippen molar-refractivity contribution in [1.29, 1.82) is 0 Å². The van der Waals surface area contributed by atoms with Gasteiger partial charge in [0.05, 0.1) is 16.9 Å². The third kappa shape index (κ3) is 5.05. The van der Waals surface area contributed by atoms with E-state index in [1.54, 1.807) is 37.3 Å². The summed E-state index contributed by atoms with van der Waals surface area (Å²) >= 11 is 5.85. The van der Waals surface area contributed by atoms with E-state index in [-0.39, 0.29) is 33.7 Å². The highest BCUT2D eigenvalue weighted by molar-refractivity contribution is 7.91. The highest BCUT2D eigenvalue weighted by Crippen LogP contribution is 2.25. The lowest BCUT2D eigenvalue weighted by Gasteiger charge is -2.17. The van der Waals surface area contributed by atoms with Gasteiger partial charge in [-0.15, -0.1) is 0 Å². The Kier molecular flexibility index (Phi) is 6.12. The van der Waals surface area contributed by atoms with Gasteiger partial charge in [0.25, 0.3) is 5.91 Å². The minimum atomic E-state index is -3.09. The maximum absolute atomic E-state index is 12.7. The summed E-state index contributed by atoms with van der Waals surface area (Å²) in [6.45, 7) is 1.56. The fourth-order valence-electron chi connectivity index (χ4n) is 3.35. The molecule has 2 atom stereocenters. The van der Waals surface area contributed by atoms with E-state index in [4.69, 9.17) is 25.5 Å². The number of carbonyl (C=O) groups is 1. The Hall–Kier alpha value is -3.04. The number of rotatable bonds is 6. The van der Waals surface area contributed by atoms with E-state index in [2.05, 4.69) is 5.32 Å². The van der Waals surface area contributed by atoms with Crippen LogP contribution < -0.4 is 20.2 Å². The van der Waals surface area contributed by atoms with Crippen molar-refractivity contribution in [3.05, 3.63) is 64.0 Å². The number of hydrogen-bond donors (Lipinski definition) is 1. The summed E-state index contributed by atoms with van der Waals surface area (Å²) in [6, 6.07) is 10.7. The Bertz CT molecular complexity index is 1320. The van der Waals surface area contributed by atoms with Crippen molar-refractivity contribution in [2.45, 2.75) is 25.5 Å². The molecule has 2 heterocycles. The van der Waals surface area contributed by atoms with Crippen LogP contribution in [0.1, 0.15) is 13.3 Å². The van der Waals surface area contributed by atoms with Crippen LogP contribution in [0.4, 0.5) is 0 Å². The fraction of sp³-hybridized carbons (Fsp3) is 0.273. The van der Waals surface area contributed by atoms with Crippen LogP contribution in [-0.4, -0.2) is 38.0 Å². The van der Waals surface area contributed by atoms with Crippen molar-refractivity contribution in [3.63, 3.8) is 0 Å². The third-order valence-electron chi connectivity index (χ3n) is 5.02. The molecule has 2 unspecified atom stereocenters. The minimum Gasteiger partial charge on any atom is -0.481 e. The minimum absolute atomic E-state index is 0.0211. The summed E-state index contributed by atoms with van der Waals surface area (Å²) in [5.74, 6) is 0.380. The van der Waals surface area contributed by atoms with Crippen LogP contribution in [0.3, 0.4) is 0 Å². The molecule has 32 heavy (non-hydrogen) atoms. The zero-order valence-corrected chi connectivity index (χ0v) is 18.6. The van der Waals surface area contributed by atoms with E-state index < -0.39 is 27.9 Å². The Morgan fingerprint density at radius 1 is 1.19 bits per heavy atom. The van der Waals surface area contributed by atoms with Crippen molar-refractivity contribution in [1.82, 2.24) is 5.32 Å². The normalized spacial score (nSPS) is 18.2. The molecule has 3 aromatic rings. The molecule has 1 saturated heterocycles. The molecule has 8 nitrogen and oxygen atoms in total. The summed E-state index contributed by atoms with van der Waals surface area (Å²) in [5.41, 5.74) is -0.0913. The van der Waals surface area contributed by atoms with Gasteiger partial charge in [-0.3, -0.25) is 9.59 Å². The molecule has 10 heteroatoms. The lowest BCUT2D eigenvalue weighted by atomic mass is 10.2. The average Bonchev–Trinajstić information content (AvgIpc) is 3.09. The summed E-state index contributed by atoms with van der Waals surface area (Å²) in [4.78, 5) is 25.1. The first kappa shape index (κ1) is 22.2. The van der Waals surface area contributed by atoms with Gasteiger partial charge in [-0.1, -0.05) is 11.6 Å². The fourth-order valence-corrected chi connectivity index (χ4v) is 5.15. The third-order valence-corrected chi connectivity index (χ3v) is 7.04. The monoisotopic (exact) mass is 477 g/mol. The molecule has 1 aliphatic heterocycles. The van der Waals surface area contributed by atoms with Crippen molar-refractivity contribution >= 4 is 38.3 Å². The molecule has 1 fully saturated rings. The Labute approximate surface area is 189 Å². The van der Waals surface area contributed by atoms with E-state index >= 15 is 0 Å². The largest absolute Gasteiger partial charge is 0.481 e. The summed E-state index contributed by atoms with van der Waals surface area (Å²) in [5, 5.41) is 3.53. The summed E-state index contributed by atoms with van der Waals surface area (Å²) < 4.78 is 39.9. The maximum atomic E-state index is 12.7. The van der Waals surface area contributed by atoms with Crippen LogP contribution in [0.2, 0.25) is 5.02 Å². The van der Waals surface area contributed by atoms with E-state index in [9.17, 15) is 18.0 Å². The van der Waals surface area contributed by atoms with Gasteiger partial charge in [-0.25, -0.2) is 8.42 Å². The molecular formula is C22H20ClNO7S. The zero-order valence-electron chi connectivity index (χ0n) is 17.0. The molecule has 1 aliphatic rings. The smallest absolute Gasteiger partial charge is 0.261 e. The second-order valence-corrected chi connectivity index (χ2v) is 10.2. The predicted molar refractivity (Wildman–Crippen MR) is 119 cm³/mol. The molecule has 0 aliphatic carbocycles. The molecule has 1 aromatic heterocycles. The number of carbonyl (C=O) groups excluding carboxylic acids is 1. The molecule has 0 radical (unpaired) electrons. The van der Waals surface area contributed by atoms with Crippen LogP contribution in [0.25, 0.3) is 11.0 Å². The lowest BCUT2D eigenvalue weighted by molar-refractivity contribution is -0.127. The Morgan fingerprint density at radius 3 is 2.59 bits per heavy atom. The first-order valence-electron chi connectivity index (χ1n) is 9.87. The van der Waals surface area contributed by atoms with Gasteiger partial charge >= 0.3 is 0 Å². The molecule has 168 valence electrons. The number of halogens is 1. The number of hydrogen-bond acceptors (Lipinski definition) is 7. The molecule has 4 rings (SSSR count). The quantitative estimate of drug-likeness (QED) is 0.579. The van der Waals surface area contributed by atoms with Crippen molar-refractivity contribution in [3.8, 4) is 17.2 Å². The van der Waals surface area contributed by atoms with Gasteiger partial charge < -0.3 is 19.2 Å². The number of sulfone groups is 1. The molecule has 0 bridgehead atoms. The lowest BCUT2D eigenvalue weighted by Crippen LogP contribution is -2.43. The average molecular weight is 478 g/mol. The molecular weight excluding hydrogens is 458 g/mol. The van der Waals surface area contributed by atoms with Gasteiger partial charge in [0.2, 0.25) is 11.2 Å². The van der Waals surface area contributed by atoms with E-state index in [0.29, 0.717) is 22.9 Å². The van der Waals surface area contributed by atoms with E-state index in [0.717, 1.165) is 0 Å². The molecule has 2 aromatic carbocycles. The first-order chi connectivity index (χ1) is 15.2. The van der Waals surface area contributed by atoms with Crippen molar-refractivity contribution in [2.24, 2.45) is 0 Å². The van der Waals surface area contributed by atoms with Crippen LogP contribution in [0, 0.1) is 0 Å². The number of fused-ring (bicyclic) bond motifs is 1. The van der Waals surface area contributed by atoms with Gasteiger partial charge in [0.1, 0.15) is 23.3 Å². The molecule has 0 saturated carbocycles. The van der Waals surface area contributed by atoms with Gasteiger partial charge in [0.15, 0.2) is 15.9 Å². The zero-order chi connectivity index (χ0) is 22.9. The van der Waals surface area contributed by atoms with Crippen LogP contribution >= 0.6 is 11.6 Å². The predicted octanol–water partition coefficient (Wildman–Crippen LogP) is 3.31. The van der Waals surface area contributed by atoms with Crippen LogP contribution in [0.15, 0.2) is 57.9 Å². The van der Waals surface area contributed by atoms with Crippen molar-refractivity contribution in [2.75, 3.05) is 11.5 Å². The van der Waals surface area contributed by atoms with Gasteiger partial charge in [-0.05, 0) is 49.7 Å².